The minimum atomic E-state index is -0.772. The molecule has 198 valence electrons. The number of hydrogen-bond donors (Lipinski definition) is 3. The van der Waals surface area contributed by atoms with Crippen molar-refractivity contribution in [3.05, 3.63) is 70.0 Å². The van der Waals surface area contributed by atoms with Crippen molar-refractivity contribution in [2.45, 2.75) is 44.9 Å². The monoisotopic (exact) mass is 536 g/mol. The molecule has 1 aromatic carbocycles. The van der Waals surface area contributed by atoms with Crippen molar-refractivity contribution in [2.75, 3.05) is 25.1 Å². The van der Waals surface area contributed by atoms with Crippen LogP contribution in [0.5, 0.6) is 0 Å². The van der Waals surface area contributed by atoms with Crippen LogP contribution in [0.2, 0.25) is 5.02 Å². The van der Waals surface area contributed by atoms with Crippen LogP contribution in [0.15, 0.2) is 42.6 Å². The summed E-state index contributed by atoms with van der Waals surface area (Å²) in [5.74, 6) is -0.308. The second-order valence-electron chi connectivity index (χ2n) is 9.57. The van der Waals surface area contributed by atoms with Crippen LogP contribution in [-0.2, 0) is 16.1 Å². The SMILES string of the molecule is Cc1cccc([C@@H](CO)NC(=O)[C@@H](C)N2Cc3ccc(-c4nc(N[C@H]5CCOC5)ncc4Cl)nc3C2=O)c1. The van der Waals surface area contributed by atoms with Crippen LogP contribution in [0.3, 0.4) is 0 Å². The molecule has 3 N–H and O–H groups in total. The Morgan fingerprint density at radius 3 is 2.84 bits per heavy atom. The third kappa shape index (κ3) is 5.33. The first kappa shape index (κ1) is 26.0. The zero-order valence-electron chi connectivity index (χ0n) is 21.1. The number of pyridine rings is 1. The van der Waals surface area contributed by atoms with E-state index in [0.29, 0.717) is 41.1 Å². The molecule has 10 nitrogen and oxygen atoms in total. The van der Waals surface area contributed by atoms with E-state index in [-0.39, 0.29) is 36.7 Å². The molecule has 0 radical (unpaired) electrons. The minimum absolute atomic E-state index is 0.121. The second-order valence-corrected chi connectivity index (χ2v) is 9.97. The Morgan fingerprint density at radius 2 is 2.11 bits per heavy atom. The number of rotatable bonds is 8. The molecule has 2 amide bonds. The molecule has 0 unspecified atom stereocenters. The van der Waals surface area contributed by atoms with Gasteiger partial charge in [0.15, 0.2) is 0 Å². The molecule has 1 saturated heterocycles. The fraction of sp³-hybridized carbons (Fsp3) is 0.370. The number of anilines is 1. The van der Waals surface area contributed by atoms with E-state index < -0.39 is 12.1 Å². The van der Waals surface area contributed by atoms with Crippen LogP contribution in [0, 0.1) is 6.92 Å². The number of halogens is 1. The van der Waals surface area contributed by atoms with Gasteiger partial charge in [-0.25, -0.2) is 15.0 Å². The first-order valence-corrected chi connectivity index (χ1v) is 12.9. The predicted molar refractivity (Wildman–Crippen MR) is 142 cm³/mol. The lowest BCUT2D eigenvalue weighted by Gasteiger charge is -2.26. The third-order valence-corrected chi connectivity index (χ3v) is 7.10. The van der Waals surface area contributed by atoms with Crippen molar-refractivity contribution in [1.82, 2.24) is 25.2 Å². The Hall–Kier alpha value is -3.60. The van der Waals surface area contributed by atoms with E-state index in [1.54, 1.807) is 19.1 Å². The molecule has 38 heavy (non-hydrogen) atoms. The standard InChI is InChI=1S/C27H29ClN6O4/c1-15-4-3-5-17(10-15)22(13-35)32-25(36)16(2)34-12-18-6-7-21(31-23(18)26(34)37)24-20(28)11-29-27(33-24)30-19-8-9-38-14-19/h3-7,10-11,16,19,22,35H,8-9,12-14H2,1-2H3,(H,32,36)(H,29,30,33)/t16-,19+,22-/m1/s1. The molecule has 0 saturated carbocycles. The Morgan fingerprint density at radius 1 is 1.26 bits per heavy atom. The molecule has 0 spiro atoms. The number of nitrogens with zero attached hydrogens (tertiary/aromatic N) is 4. The average Bonchev–Trinajstić information content (AvgIpc) is 3.55. The first-order chi connectivity index (χ1) is 18.3. The molecule has 4 heterocycles. The number of aryl methyl sites for hydroxylation is 1. The van der Waals surface area contributed by atoms with Crippen molar-refractivity contribution in [1.29, 1.82) is 0 Å². The van der Waals surface area contributed by atoms with Gasteiger partial charge < -0.3 is 25.4 Å². The largest absolute Gasteiger partial charge is 0.394 e. The highest BCUT2D eigenvalue weighted by atomic mass is 35.5. The molecule has 3 aromatic rings. The maximum Gasteiger partial charge on any atom is 0.273 e. The number of amides is 2. The van der Waals surface area contributed by atoms with Gasteiger partial charge in [-0.15, -0.1) is 0 Å². The molecule has 2 aromatic heterocycles. The van der Waals surface area contributed by atoms with Gasteiger partial charge in [0, 0.05) is 18.7 Å². The molecule has 1 fully saturated rings. The third-order valence-electron chi connectivity index (χ3n) is 6.82. The summed E-state index contributed by atoms with van der Waals surface area (Å²) >= 11 is 6.39. The van der Waals surface area contributed by atoms with Gasteiger partial charge in [-0.3, -0.25) is 9.59 Å². The summed E-state index contributed by atoms with van der Waals surface area (Å²) in [6, 6.07) is 9.92. The number of aromatic nitrogens is 3. The first-order valence-electron chi connectivity index (χ1n) is 12.5. The highest BCUT2D eigenvalue weighted by Gasteiger charge is 2.36. The highest BCUT2D eigenvalue weighted by molar-refractivity contribution is 6.32. The van der Waals surface area contributed by atoms with Crippen LogP contribution in [-0.4, -0.2) is 68.7 Å². The smallest absolute Gasteiger partial charge is 0.273 e. The van der Waals surface area contributed by atoms with Crippen LogP contribution in [0.4, 0.5) is 5.95 Å². The summed E-state index contributed by atoms with van der Waals surface area (Å²) in [5.41, 5.74) is 3.64. The summed E-state index contributed by atoms with van der Waals surface area (Å²) < 4.78 is 5.39. The van der Waals surface area contributed by atoms with Gasteiger partial charge in [0.2, 0.25) is 11.9 Å². The Bertz CT molecular complexity index is 1360. The maximum atomic E-state index is 13.3. The number of fused-ring (bicyclic) bond motifs is 1. The van der Waals surface area contributed by atoms with E-state index in [9.17, 15) is 14.7 Å². The van der Waals surface area contributed by atoms with Gasteiger partial charge in [0.1, 0.15) is 17.4 Å². The molecule has 2 aliphatic rings. The highest BCUT2D eigenvalue weighted by Crippen LogP contribution is 2.30. The van der Waals surface area contributed by atoms with Crippen molar-refractivity contribution in [3.63, 3.8) is 0 Å². The average molecular weight is 537 g/mol. The van der Waals surface area contributed by atoms with Crippen molar-refractivity contribution in [2.24, 2.45) is 0 Å². The number of carbonyl (C=O) groups is 2. The van der Waals surface area contributed by atoms with E-state index in [2.05, 4.69) is 25.6 Å². The van der Waals surface area contributed by atoms with Gasteiger partial charge in [-0.05, 0) is 31.9 Å². The normalized spacial score (nSPS) is 18.3. The fourth-order valence-corrected chi connectivity index (χ4v) is 4.83. The number of carbonyl (C=O) groups excluding carboxylic acids is 2. The van der Waals surface area contributed by atoms with Gasteiger partial charge in [0.25, 0.3) is 5.91 Å². The van der Waals surface area contributed by atoms with E-state index in [4.69, 9.17) is 16.3 Å². The molecule has 0 bridgehead atoms. The summed E-state index contributed by atoms with van der Waals surface area (Å²) in [5, 5.41) is 16.3. The molecular weight excluding hydrogens is 508 g/mol. The Balaban J connectivity index is 1.32. The fourth-order valence-electron chi connectivity index (χ4n) is 4.64. The zero-order chi connectivity index (χ0) is 26.8. The van der Waals surface area contributed by atoms with Crippen molar-refractivity contribution in [3.8, 4) is 11.4 Å². The summed E-state index contributed by atoms with van der Waals surface area (Å²) in [6.45, 7) is 4.86. The van der Waals surface area contributed by atoms with Crippen LogP contribution in [0.1, 0.15) is 46.6 Å². The Labute approximate surface area is 225 Å². The zero-order valence-corrected chi connectivity index (χ0v) is 21.9. The number of ether oxygens (including phenoxy) is 1. The lowest BCUT2D eigenvalue weighted by molar-refractivity contribution is -0.126. The molecule has 2 aliphatic heterocycles. The lowest BCUT2D eigenvalue weighted by atomic mass is 10.0. The lowest BCUT2D eigenvalue weighted by Crippen LogP contribution is -2.46. The topological polar surface area (TPSA) is 130 Å². The van der Waals surface area contributed by atoms with E-state index in [0.717, 1.165) is 17.5 Å². The number of benzene rings is 1. The van der Waals surface area contributed by atoms with Gasteiger partial charge in [-0.1, -0.05) is 47.5 Å². The predicted octanol–water partition coefficient (Wildman–Crippen LogP) is 2.90. The second kappa shape index (κ2) is 11.0. The Kier molecular flexibility index (Phi) is 7.55. The quantitative estimate of drug-likeness (QED) is 0.401. The summed E-state index contributed by atoms with van der Waals surface area (Å²) in [4.78, 5) is 41.2. The molecule has 0 aliphatic carbocycles. The number of nitrogens with one attached hydrogen (secondary N) is 2. The maximum absolute atomic E-state index is 13.3. The molecule has 5 rings (SSSR count). The summed E-state index contributed by atoms with van der Waals surface area (Å²) in [6.07, 6.45) is 2.36. The number of aliphatic hydroxyl groups excluding tert-OH is 1. The number of hydrogen-bond acceptors (Lipinski definition) is 8. The van der Waals surface area contributed by atoms with E-state index in [1.165, 1.54) is 11.1 Å². The number of aliphatic hydroxyl groups is 1. The minimum Gasteiger partial charge on any atom is -0.394 e. The van der Waals surface area contributed by atoms with Gasteiger partial charge in [0.05, 0.1) is 42.2 Å². The van der Waals surface area contributed by atoms with Crippen molar-refractivity contribution < 1.29 is 19.4 Å². The summed E-state index contributed by atoms with van der Waals surface area (Å²) in [7, 11) is 0. The molecule has 11 heteroatoms. The van der Waals surface area contributed by atoms with Gasteiger partial charge >= 0.3 is 0 Å². The molecular formula is C27H29ClN6O4. The molecule has 3 atom stereocenters. The van der Waals surface area contributed by atoms with E-state index >= 15 is 0 Å². The van der Waals surface area contributed by atoms with Crippen LogP contribution in [0.25, 0.3) is 11.4 Å². The van der Waals surface area contributed by atoms with E-state index in [1.807, 2.05) is 31.2 Å². The van der Waals surface area contributed by atoms with Crippen LogP contribution >= 0.6 is 11.6 Å². The van der Waals surface area contributed by atoms with Crippen LogP contribution < -0.4 is 10.6 Å². The van der Waals surface area contributed by atoms with Crippen molar-refractivity contribution >= 4 is 29.4 Å². The van der Waals surface area contributed by atoms with Gasteiger partial charge in [-0.2, -0.15) is 0 Å².